The molecule has 1 aliphatic heterocycles. The van der Waals surface area contributed by atoms with E-state index in [-0.39, 0.29) is 0 Å². The van der Waals surface area contributed by atoms with Gasteiger partial charge in [0.05, 0.1) is 11.2 Å². The van der Waals surface area contributed by atoms with Crippen molar-refractivity contribution in [1.29, 1.82) is 0 Å². The van der Waals surface area contributed by atoms with Crippen molar-refractivity contribution < 1.29 is 0 Å². The molecule has 0 spiro atoms. The van der Waals surface area contributed by atoms with Crippen LogP contribution < -0.4 is 4.90 Å². The Bertz CT molecular complexity index is 589. The summed E-state index contributed by atoms with van der Waals surface area (Å²) in [6.45, 7) is 4.61. The van der Waals surface area contributed by atoms with Crippen molar-refractivity contribution in [2.45, 2.75) is 45.2 Å². The van der Waals surface area contributed by atoms with E-state index in [1.54, 1.807) is 0 Å². The lowest BCUT2D eigenvalue weighted by atomic mass is 9.96. The molecule has 2 atom stereocenters. The number of rotatable bonds is 1. The second kappa shape index (κ2) is 5.08. The van der Waals surface area contributed by atoms with Crippen molar-refractivity contribution in [3.8, 4) is 0 Å². The molecule has 2 aromatic rings. The first kappa shape index (κ1) is 12.9. The van der Waals surface area contributed by atoms with Crippen LogP contribution in [0.15, 0.2) is 29.0 Å². The second-order valence-corrected chi connectivity index (χ2v) is 6.30. The number of piperidine rings is 1. The van der Waals surface area contributed by atoms with E-state index in [9.17, 15) is 0 Å². The van der Waals surface area contributed by atoms with Crippen LogP contribution in [0, 0.1) is 0 Å². The molecule has 1 fully saturated rings. The fourth-order valence-corrected chi connectivity index (χ4v) is 3.42. The zero-order valence-electron chi connectivity index (χ0n) is 11.3. The first-order valence-corrected chi connectivity index (χ1v) is 7.64. The lowest BCUT2D eigenvalue weighted by molar-refractivity contribution is 0.415. The first-order chi connectivity index (χ1) is 9.16. The summed E-state index contributed by atoms with van der Waals surface area (Å²) in [6.07, 6.45) is 7.57. The number of pyridine rings is 2. The molecule has 0 N–H and O–H groups in total. The average molecular weight is 320 g/mol. The minimum absolute atomic E-state index is 0.569. The highest BCUT2D eigenvalue weighted by molar-refractivity contribution is 9.10. The van der Waals surface area contributed by atoms with Crippen molar-refractivity contribution >= 4 is 32.7 Å². The van der Waals surface area contributed by atoms with Gasteiger partial charge in [0.2, 0.25) is 0 Å². The fourth-order valence-electron chi connectivity index (χ4n) is 3.10. The molecule has 2 aromatic heterocycles. The van der Waals surface area contributed by atoms with Crippen LogP contribution >= 0.6 is 15.9 Å². The molecular weight excluding hydrogens is 302 g/mol. The normalized spacial score (nSPS) is 23.8. The molecule has 100 valence electrons. The quantitative estimate of drug-likeness (QED) is 0.790. The molecule has 0 radical (unpaired) electrons. The highest BCUT2D eigenvalue weighted by Gasteiger charge is 2.26. The summed E-state index contributed by atoms with van der Waals surface area (Å²) in [5, 5.41) is 0. The van der Waals surface area contributed by atoms with E-state index in [0.29, 0.717) is 12.1 Å². The summed E-state index contributed by atoms with van der Waals surface area (Å²) in [6, 6.07) is 5.27. The van der Waals surface area contributed by atoms with E-state index in [2.05, 4.69) is 50.7 Å². The molecule has 2 unspecified atom stereocenters. The fraction of sp³-hybridized carbons (Fsp3) is 0.467. The van der Waals surface area contributed by atoms with Crippen molar-refractivity contribution in [3.05, 3.63) is 29.0 Å². The van der Waals surface area contributed by atoms with Gasteiger partial charge in [0.1, 0.15) is 5.52 Å². The Kier molecular flexibility index (Phi) is 3.44. The molecule has 0 aromatic carbocycles. The van der Waals surface area contributed by atoms with Crippen LogP contribution in [0.5, 0.6) is 0 Å². The number of hydrogen-bond donors (Lipinski definition) is 0. The number of halogens is 1. The molecule has 19 heavy (non-hydrogen) atoms. The molecule has 3 nitrogen and oxygen atoms in total. The Hall–Kier alpha value is -1.16. The highest BCUT2D eigenvalue weighted by atomic mass is 79.9. The minimum atomic E-state index is 0.569. The van der Waals surface area contributed by atoms with Gasteiger partial charge < -0.3 is 4.90 Å². The summed E-state index contributed by atoms with van der Waals surface area (Å²) in [4.78, 5) is 11.5. The molecule has 0 bridgehead atoms. The summed E-state index contributed by atoms with van der Waals surface area (Å²) < 4.78 is 0.976. The Morgan fingerprint density at radius 3 is 2.68 bits per heavy atom. The van der Waals surface area contributed by atoms with E-state index < -0.39 is 0 Å². The third-order valence-corrected chi connectivity index (χ3v) is 4.43. The lowest BCUT2D eigenvalue weighted by Crippen LogP contribution is -2.44. The van der Waals surface area contributed by atoms with E-state index in [4.69, 9.17) is 0 Å². The van der Waals surface area contributed by atoms with Gasteiger partial charge in [-0.05, 0) is 61.2 Å². The summed E-state index contributed by atoms with van der Waals surface area (Å²) in [7, 11) is 0. The largest absolute Gasteiger partial charge is 0.364 e. The molecule has 0 aliphatic carbocycles. The maximum atomic E-state index is 4.57. The van der Waals surface area contributed by atoms with E-state index >= 15 is 0 Å². The van der Waals surface area contributed by atoms with Gasteiger partial charge in [0.15, 0.2) is 0 Å². The Labute approximate surface area is 122 Å². The van der Waals surface area contributed by atoms with Crippen LogP contribution in [0.1, 0.15) is 33.1 Å². The van der Waals surface area contributed by atoms with Crippen LogP contribution in [0.25, 0.3) is 11.0 Å². The van der Waals surface area contributed by atoms with Crippen molar-refractivity contribution in [2.24, 2.45) is 0 Å². The van der Waals surface area contributed by atoms with Crippen LogP contribution in [0.2, 0.25) is 0 Å². The van der Waals surface area contributed by atoms with Gasteiger partial charge in [-0.25, -0.2) is 0 Å². The van der Waals surface area contributed by atoms with Crippen molar-refractivity contribution in [1.82, 2.24) is 9.97 Å². The zero-order chi connectivity index (χ0) is 13.4. The van der Waals surface area contributed by atoms with Gasteiger partial charge in [-0.1, -0.05) is 0 Å². The summed E-state index contributed by atoms with van der Waals surface area (Å²) in [5.41, 5.74) is 3.18. The van der Waals surface area contributed by atoms with Crippen LogP contribution in [0.4, 0.5) is 5.69 Å². The predicted octanol–water partition coefficient (Wildman–Crippen LogP) is 4.16. The third kappa shape index (κ3) is 2.34. The minimum Gasteiger partial charge on any atom is -0.364 e. The summed E-state index contributed by atoms with van der Waals surface area (Å²) >= 11 is 3.46. The molecule has 1 aliphatic rings. The lowest BCUT2D eigenvalue weighted by Gasteiger charge is -2.41. The zero-order valence-corrected chi connectivity index (χ0v) is 12.9. The standard InChI is InChI=1S/C15H18BrN3/c1-10-4-3-5-11(2)19(10)14-6-7-17-13-8-12(16)9-18-15(13)14/h6-11H,3-5H2,1-2H3. The molecule has 0 amide bonds. The van der Waals surface area contributed by atoms with Crippen LogP contribution in [-0.2, 0) is 0 Å². The number of aromatic nitrogens is 2. The monoisotopic (exact) mass is 319 g/mol. The van der Waals surface area contributed by atoms with Gasteiger partial charge in [-0.3, -0.25) is 9.97 Å². The van der Waals surface area contributed by atoms with E-state index in [1.165, 1.54) is 24.9 Å². The summed E-state index contributed by atoms with van der Waals surface area (Å²) in [5.74, 6) is 0. The van der Waals surface area contributed by atoms with Crippen molar-refractivity contribution in [2.75, 3.05) is 4.90 Å². The van der Waals surface area contributed by atoms with Crippen LogP contribution in [0.3, 0.4) is 0 Å². The number of fused-ring (bicyclic) bond motifs is 1. The van der Waals surface area contributed by atoms with Crippen molar-refractivity contribution in [3.63, 3.8) is 0 Å². The topological polar surface area (TPSA) is 29.0 Å². The molecule has 1 saturated heterocycles. The van der Waals surface area contributed by atoms with Gasteiger partial charge in [-0.15, -0.1) is 0 Å². The Morgan fingerprint density at radius 2 is 1.95 bits per heavy atom. The molecule has 3 rings (SSSR count). The van der Waals surface area contributed by atoms with E-state index in [1.807, 2.05) is 18.5 Å². The second-order valence-electron chi connectivity index (χ2n) is 5.39. The van der Waals surface area contributed by atoms with Gasteiger partial charge >= 0.3 is 0 Å². The molecule has 4 heteroatoms. The molecular formula is C15H18BrN3. The maximum Gasteiger partial charge on any atom is 0.112 e. The average Bonchev–Trinajstić information content (AvgIpc) is 2.38. The van der Waals surface area contributed by atoms with Gasteiger partial charge in [0.25, 0.3) is 0 Å². The first-order valence-electron chi connectivity index (χ1n) is 6.85. The number of hydrogen-bond acceptors (Lipinski definition) is 3. The predicted molar refractivity (Wildman–Crippen MR) is 82.5 cm³/mol. The maximum absolute atomic E-state index is 4.57. The number of anilines is 1. The molecule has 0 saturated carbocycles. The Balaban J connectivity index is 2.13. The van der Waals surface area contributed by atoms with Gasteiger partial charge in [-0.2, -0.15) is 0 Å². The van der Waals surface area contributed by atoms with Gasteiger partial charge in [0, 0.05) is 29.0 Å². The SMILES string of the molecule is CC1CCCC(C)N1c1ccnc2cc(Br)cnc12. The van der Waals surface area contributed by atoms with E-state index in [0.717, 1.165) is 15.5 Å². The smallest absolute Gasteiger partial charge is 0.112 e. The third-order valence-electron chi connectivity index (χ3n) is 3.99. The van der Waals surface area contributed by atoms with Crippen LogP contribution in [-0.4, -0.2) is 22.1 Å². The highest BCUT2D eigenvalue weighted by Crippen LogP contribution is 2.33. The molecule has 3 heterocycles. The number of nitrogens with zero attached hydrogens (tertiary/aromatic N) is 3. The Morgan fingerprint density at radius 1 is 1.21 bits per heavy atom.